The predicted molar refractivity (Wildman–Crippen MR) is 68.3 cm³/mol. The van der Waals surface area contributed by atoms with Crippen LogP contribution in [0.25, 0.3) is 0 Å². The first kappa shape index (κ1) is 17.8. The Bertz CT molecular complexity index is 464. The molecule has 0 N–H and O–H groups in total. The molecule has 0 spiro atoms. The molecule has 1 rings (SSSR count). The SMILES string of the molecule is CC(=O)OC[C@H]1O[C@H](C[N+](=O)[O-])[C@H](OC(C)=O)[C@@H]1OC(C)=O. The zero-order chi connectivity index (χ0) is 16.9. The Morgan fingerprint density at radius 2 is 1.50 bits per heavy atom. The Morgan fingerprint density at radius 3 is 1.91 bits per heavy atom. The summed E-state index contributed by atoms with van der Waals surface area (Å²) in [5, 5.41) is 10.7. The molecule has 10 heteroatoms. The number of carbonyl (C=O) groups is 3. The van der Waals surface area contributed by atoms with Gasteiger partial charge in [0, 0.05) is 25.7 Å². The number of ether oxygens (including phenoxy) is 4. The van der Waals surface area contributed by atoms with Crippen LogP contribution in [-0.4, -0.2) is 60.4 Å². The van der Waals surface area contributed by atoms with Gasteiger partial charge in [-0.2, -0.15) is 0 Å². The molecule has 4 atom stereocenters. The van der Waals surface area contributed by atoms with Crippen molar-refractivity contribution in [3.63, 3.8) is 0 Å². The van der Waals surface area contributed by atoms with Gasteiger partial charge >= 0.3 is 17.9 Å². The van der Waals surface area contributed by atoms with Gasteiger partial charge in [0.15, 0.2) is 18.3 Å². The summed E-state index contributed by atoms with van der Waals surface area (Å²) in [5.74, 6) is -1.97. The summed E-state index contributed by atoms with van der Waals surface area (Å²) in [6.07, 6.45) is -4.30. The van der Waals surface area contributed by atoms with E-state index < -0.39 is 53.8 Å². The number of hydrogen-bond donors (Lipinski definition) is 0. The highest BCUT2D eigenvalue weighted by molar-refractivity contribution is 5.68. The monoisotopic (exact) mass is 319 g/mol. The lowest BCUT2D eigenvalue weighted by molar-refractivity contribution is -0.492. The smallest absolute Gasteiger partial charge is 0.303 e. The second kappa shape index (κ2) is 7.69. The van der Waals surface area contributed by atoms with Gasteiger partial charge in [0.05, 0.1) is 0 Å². The fraction of sp³-hybridized carbons (Fsp3) is 0.750. The van der Waals surface area contributed by atoms with Gasteiger partial charge in [-0.3, -0.25) is 24.5 Å². The zero-order valence-corrected chi connectivity index (χ0v) is 12.3. The highest BCUT2D eigenvalue weighted by atomic mass is 16.7. The second-order valence-corrected chi connectivity index (χ2v) is 4.68. The van der Waals surface area contributed by atoms with Gasteiger partial charge in [0.1, 0.15) is 12.7 Å². The fourth-order valence-electron chi connectivity index (χ4n) is 2.10. The first-order valence-electron chi connectivity index (χ1n) is 6.45. The van der Waals surface area contributed by atoms with E-state index in [1.165, 1.54) is 6.92 Å². The van der Waals surface area contributed by atoms with E-state index in [0.717, 1.165) is 13.8 Å². The highest BCUT2D eigenvalue weighted by Gasteiger charge is 2.51. The average molecular weight is 319 g/mol. The molecule has 0 aliphatic carbocycles. The van der Waals surface area contributed by atoms with E-state index >= 15 is 0 Å². The van der Waals surface area contributed by atoms with E-state index in [4.69, 9.17) is 18.9 Å². The molecule has 1 aliphatic heterocycles. The van der Waals surface area contributed by atoms with E-state index in [1.807, 2.05) is 0 Å². The van der Waals surface area contributed by atoms with Crippen molar-refractivity contribution in [2.75, 3.05) is 13.2 Å². The lowest BCUT2D eigenvalue weighted by atomic mass is 10.1. The minimum absolute atomic E-state index is 0.279. The molecule has 0 saturated carbocycles. The van der Waals surface area contributed by atoms with E-state index in [1.54, 1.807) is 0 Å². The van der Waals surface area contributed by atoms with Crippen LogP contribution < -0.4 is 0 Å². The van der Waals surface area contributed by atoms with Crippen LogP contribution in [-0.2, 0) is 33.3 Å². The minimum atomic E-state index is -1.15. The summed E-state index contributed by atoms with van der Waals surface area (Å²) in [5.41, 5.74) is 0. The van der Waals surface area contributed by atoms with Gasteiger partial charge in [0.25, 0.3) is 0 Å². The van der Waals surface area contributed by atoms with Gasteiger partial charge < -0.3 is 18.9 Å². The summed E-state index contributed by atoms with van der Waals surface area (Å²) < 4.78 is 20.2. The number of esters is 3. The standard InChI is InChI=1S/C12H17NO9/c1-6(14)19-5-10-12(21-8(3)16)11(20-7(2)15)9(22-10)4-13(17)18/h9-12H,4-5H2,1-3H3/t9-,10-,11+,12-/m1/s1. The molecule has 0 aromatic heterocycles. The highest BCUT2D eigenvalue weighted by Crippen LogP contribution is 2.27. The normalized spacial score (nSPS) is 27.0. The van der Waals surface area contributed by atoms with Crippen LogP contribution in [0.4, 0.5) is 0 Å². The van der Waals surface area contributed by atoms with Crippen LogP contribution in [0, 0.1) is 10.1 Å². The first-order chi connectivity index (χ1) is 10.2. The molecule has 0 bridgehead atoms. The number of nitro groups is 1. The first-order valence-corrected chi connectivity index (χ1v) is 6.45. The van der Waals surface area contributed by atoms with Crippen LogP contribution in [0.3, 0.4) is 0 Å². The quantitative estimate of drug-likeness (QED) is 0.274. The molecule has 10 nitrogen and oxygen atoms in total. The third-order valence-corrected chi connectivity index (χ3v) is 2.79. The summed E-state index contributed by atoms with van der Waals surface area (Å²) in [7, 11) is 0. The van der Waals surface area contributed by atoms with Crippen LogP contribution in [0.2, 0.25) is 0 Å². The fourth-order valence-corrected chi connectivity index (χ4v) is 2.10. The maximum atomic E-state index is 11.2. The Morgan fingerprint density at radius 1 is 1.00 bits per heavy atom. The second-order valence-electron chi connectivity index (χ2n) is 4.68. The van der Waals surface area contributed by atoms with Crippen LogP contribution in [0.5, 0.6) is 0 Å². The minimum Gasteiger partial charge on any atom is -0.463 e. The van der Waals surface area contributed by atoms with Gasteiger partial charge in [-0.05, 0) is 0 Å². The molecule has 1 aliphatic rings. The van der Waals surface area contributed by atoms with Crippen molar-refractivity contribution in [2.24, 2.45) is 0 Å². The Balaban J connectivity index is 2.94. The molecule has 1 fully saturated rings. The zero-order valence-electron chi connectivity index (χ0n) is 12.3. The molecule has 124 valence electrons. The maximum absolute atomic E-state index is 11.2. The summed E-state index contributed by atoms with van der Waals surface area (Å²) >= 11 is 0. The molecule has 0 aromatic rings. The summed E-state index contributed by atoms with van der Waals surface area (Å²) in [6.45, 7) is 2.50. The molecule has 0 radical (unpaired) electrons. The number of nitrogens with zero attached hydrogens (tertiary/aromatic N) is 1. The van der Waals surface area contributed by atoms with Crippen molar-refractivity contribution in [3.05, 3.63) is 10.1 Å². The van der Waals surface area contributed by atoms with Gasteiger partial charge in [0.2, 0.25) is 6.54 Å². The van der Waals surface area contributed by atoms with Crippen molar-refractivity contribution in [2.45, 2.75) is 45.2 Å². The summed E-state index contributed by atoms with van der Waals surface area (Å²) in [6, 6.07) is 0. The van der Waals surface area contributed by atoms with E-state index in [0.29, 0.717) is 0 Å². The lowest BCUT2D eigenvalue weighted by Gasteiger charge is -2.22. The Hall–Kier alpha value is -2.23. The third kappa shape index (κ3) is 5.28. The predicted octanol–water partition coefficient (Wildman–Crippen LogP) is -0.543. The van der Waals surface area contributed by atoms with Crippen molar-refractivity contribution in [1.29, 1.82) is 0 Å². The topological polar surface area (TPSA) is 131 Å². The van der Waals surface area contributed by atoms with Gasteiger partial charge in [-0.1, -0.05) is 0 Å². The largest absolute Gasteiger partial charge is 0.463 e. The number of carbonyl (C=O) groups excluding carboxylic acids is 3. The lowest BCUT2D eigenvalue weighted by Crippen LogP contribution is -2.42. The molecule has 0 aromatic carbocycles. The van der Waals surface area contributed by atoms with Gasteiger partial charge in [-0.25, -0.2) is 0 Å². The molecule has 22 heavy (non-hydrogen) atoms. The molecule has 0 amide bonds. The van der Waals surface area contributed by atoms with Crippen LogP contribution in [0.1, 0.15) is 20.8 Å². The maximum Gasteiger partial charge on any atom is 0.303 e. The van der Waals surface area contributed by atoms with Crippen LogP contribution in [0.15, 0.2) is 0 Å². The number of hydrogen-bond acceptors (Lipinski definition) is 9. The van der Waals surface area contributed by atoms with E-state index in [-0.39, 0.29) is 6.61 Å². The Kier molecular flexibility index (Phi) is 6.23. The molecular weight excluding hydrogens is 302 g/mol. The summed E-state index contributed by atoms with van der Waals surface area (Å²) in [4.78, 5) is 43.3. The average Bonchev–Trinajstić information content (AvgIpc) is 2.63. The molecule has 1 saturated heterocycles. The van der Waals surface area contributed by atoms with Crippen molar-refractivity contribution in [1.82, 2.24) is 0 Å². The van der Waals surface area contributed by atoms with Crippen molar-refractivity contribution in [3.8, 4) is 0 Å². The van der Waals surface area contributed by atoms with E-state index in [2.05, 4.69) is 0 Å². The Labute approximate surface area is 125 Å². The third-order valence-electron chi connectivity index (χ3n) is 2.79. The van der Waals surface area contributed by atoms with Crippen molar-refractivity contribution < 1.29 is 38.3 Å². The van der Waals surface area contributed by atoms with Crippen molar-refractivity contribution >= 4 is 17.9 Å². The number of rotatable bonds is 6. The molecule has 0 unspecified atom stereocenters. The molecule has 1 heterocycles. The van der Waals surface area contributed by atoms with Crippen LogP contribution >= 0.6 is 0 Å². The van der Waals surface area contributed by atoms with E-state index in [9.17, 15) is 24.5 Å². The molecular formula is C12H17NO9. The van der Waals surface area contributed by atoms with Gasteiger partial charge in [-0.15, -0.1) is 0 Å².